The minimum atomic E-state index is -2.46. The number of hydrogen-bond acceptors (Lipinski definition) is 4. The van der Waals surface area contributed by atoms with Gasteiger partial charge >= 0.3 is 5.97 Å². The molecule has 0 radical (unpaired) electrons. The average molecular weight is 286 g/mol. The molecule has 0 heterocycles. The molecule has 0 aromatic heterocycles. The zero-order valence-corrected chi connectivity index (χ0v) is 11.9. The summed E-state index contributed by atoms with van der Waals surface area (Å²) in [5.74, 6) is -0.507. The smallest absolute Gasteiger partial charge is 0.332 e. The number of ether oxygens (including phenoxy) is 1. The number of carbonyl (C=O) groups excluding carboxylic acids is 1. The number of rotatable bonds is 7. The van der Waals surface area contributed by atoms with Gasteiger partial charge in [-0.1, -0.05) is 30.3 Å². The molecular weight excluding hydrogens is 266 g/mol. The van der Waals surface area contributed by atoms with Gasteiger partial charge in [-0.05, 0) is 19.7 Å². The lowest BCUT2D eigenvalue weighted by Gasteiger charge is -2.34. The van der Waals surface area contributed by atoms with Crippen molar-refractivity contribution in [3.63, 3.8) is 0 Å². The second-order valence-corrected chi connectivity index (χ2v) is 4.60. The van der Waals surface area contributed by atoms with Crippen molar-refractivity contribution in [2.24, 2.45) is 0 Å². The molecule has 1 aromatic rings. The molecule has 0 saturated heterocycles. The molecule has 0 saturated carbocycles. The Morgan fingerprint density at radius 1 is 1.40 bits per heavy atom. The minimum absolute atomic E-state index is 0.0878. The Bertz CT molecular complexity index is 428. The maximum atomic E-state index is 12.5. The van der Waals surface area contributed by atoms with E-state index in [-0.39, 0.29) is 6.54 Å². The van der Waals surface area contributed by atoms with Crippen molar-refractivity contribution in [2.75, 3.05) is 34.3 Å². The molecule has 6 heteroatoms. The minimum Gasteiger partial charge on any atom is -0.467 e. The van der Waals surface area contributed by atoms with Crippen molar-refractivity contribution < 1.29 is 18.3 Å². The normalized spacial score (nSPS) is 14.3. The van der Waals surface area contributed by atoms with Crippen molar-refractivity contribution in [1.29, 1.82) is 0 Å². The lowest BCUT2D eigenvalue weighted by Crippen LogP contribution is -2.55. The molecule has 1 aromatic carbocycles. The predicted molar refractivity (Wildman–Crippen MR) is 72.7 cm³/mol. The Morgan fingerprint density at radius 3 is 2.45 bits per heavy atom. The number of likely N-dealkylation sites (N-methyl/N-ethyl adjacent to an activating group) is 2. The summed E-state index contributed by atoms with van der Waals surface area (Å²) in [5, 5.41) is 2.93. The standard InChI is InChI=1S/C14H20F2N2O2/c1-17-14(13(19)20-3,10-18(2)9-12(15)16)11-7-5-4-6-8-11/h4-8,12,17H,9-10H2,1-3H3. The third-order valence-corrected chi connectivity index (χ3v) is 3.18. The van der Waals surface area contributed by atoms with E-state index in [0.717, 1.165) is 0 Å². The first-order valence-electron chi connectivity index (χ1n) is 6.26. The zero-order chi connectivity index (χ0) is 15.2. The van der Waals surface area contributed by atoms with Crippen molar-refractivity contribution in [3.05, 3.63) is 35.9 Å². The number of benzene rings is 1. The van der Waals surface area contributed by atoms with E-state index in [0.29, 0.717) is 5.56 Å². The number of nitrogens with one attached hydrogen (secondary N) is 1. The maximum Gasteiger partial charge on any atom is 0.332 e. The van der Waals surface area contributed by atoms with Crippen LogP contribution in [0.3, 0.4) is 0 Å². The molecule has 1 atom stereocenters. The second kappa shape index (κ2) is 7.31. The van der Waals surface area contributed by atoms with Gasteiger partial charge in [-0.2, -0.15) is 0 Å². The molecule has 1 unspecified atom stereocenters. The van der Waals surface area contributed by atoms with E-state index in [1.54, 1.807) is 38.4 Å². The Balaban J connectivity index is 3.10. The summed E-state index contributed by atoms with van der Waals surface area (Å²) in [6.45, 7) is -0.322. The third kappa shape index (κ3) is 3.74. The predicted octanol–water partition coefficient (Wildman–Crippen LogP) is 1.47. The van der Waals surface area contributed by atoms with E-state index >= 15 is 0 Å². The monoisotopic (exact) mass is 286 g/mol. The van der Waals surface area contributed by atoms with Gasteiger partial charge in [0, 0.05) is 6.54 Å². The summed E-state index contributed by atoms with van der Waals surface area (Å²) in [7, 11) is 4.44. The first-order chi connectivity index (χ1) is 9.46. The number of hydrogen-bond donors (Lipinski definition) is 1. The van der Waals surface area contributed by atoms with Crippen LogP contribution in [0.1, 0.15) is 5.56 Å². The first-order valence-corrected chi connectivity index (χ1v) is 6.26. The van der Waals surface area contributed by atoms with Crippen molar-refractivity contribution in [2.45, 2.75) is 12.0 Å². The molecule has 112 valence electrons. The van der Waals surface area contributed by atoms with Gasteiger partial charge in [-0.15, -0.1) is 0 Å². The number of carbonyl (C=O) groups is 1. The number of methoxy groups -OCH3 is 1. The summed E-state index contributed by atoms with van der Waals surface area (Å²) in [6.07, 6.45) is -2.46. The van der Waals surface area contributed by atoms with Gasteiger partial charge in [0.2, 0.25) is 0 Å². The summed E-state index contributed by atoms with van der Waals surface area (Å²) in [5.41, 5.74) is -0.491. The summed E-state index contributed by atoms with van der Waals surface area (Å²) in [6, 6.07) is 8.94. The summed E-state index contributed by atoms with van der Waals surface area (Å²) >= 11 is 0. The fourth-order valence-electron chi connectivity index (χ4n) is 2.20. The quantitative estimate of drug-likeness (QED) is 0.771. The number of esters is 1. The van der Waals surface area contributed by atoms with Gasteiger partial charge in [-0.25, -0.2) is 13.6 Å². The van der Waals surface area contributed by atoms with E-state index in [4.69, 9.17) is 4.74 Å². The van der Waals surface area contributed by atoms with Gasteiger partial charge in [0.05, 0.1) is 13.7 Å². The number of halogens is 2. The lowest BCUT2D eigenvalue weighted by molar-refractivity contribution is -0.150. The van der Waals surface area contributed by atoms with Crippen LogP contribution in [0, 0.1) is 0 Å². The second-order valence-electron chi connectivity index (χ2n) is 4.60. The molecule has 0 spiro atoms. The molecule has 0 aliphatic heterocycles. The van der Waals surface area contributed by atoms with Crippen molar-refractivity contribution in [1.82, 2.24) is 10.2 Å². The van der Waals surface area contributed by atoms with Crippen LogP contribution in [0.2, 0.25) is 0 Å². The third-order valence-electron chi connectivity index (χ3n) is 3.18. The Kier molecular flexibility index (Phi) is 6.04. The molecule has 0 aliphatic rings. The highest BCUT2D eigenvalue weighted by molar-refractivity contribution is 5.83. The van der Waals surface area contributed by atoms with Gasteiger partial charge in [0.15, 0.2) is 5.54 Å². The van der Waals surface area contributed by atoms with E-state index < -0.39 is 24.5 Å². The van der Waals surface area contributed by atoms with Crippen LogP contribution in [-0.2, 0) is 15.1 Å². The molecule has 1 N–H and O–H groups in total. The van der Waals surface area contributed by atoms with Gasteiger partial charge in [-0.3, -0.25) is 4.90 Å². The fraction of sp³-hybridized carbons (Fsp3) is 0.500. The van der Waals surface area contributed by atoms with E-state index in [2.05, 4.69) is 5.32 Å². The molecular formula is C14H20F2N2O2. The highest BCUT2D eigenvalue weighted by Gasteiger charge is 2.41. The molecule has 4 nitrogen and oxygen atoms in total. The van der Waals surface area contributed by atoms with Crippen molar-refractivity contribution >= 4 is 5.97 Å². The van der Waals surface area contributed by atoms with Crippen LogP contribution < -0.4 is 5.32 Å². The van der Waals surface area contributed by atoms with Gasteiger partial charge in [0.1, 0.15) is 0 Å². The van der Waals surface area contributed by atoms with E-state index in [1.807, 2.05) is 6.07 Å². The SMILES string of the molecule is CNC(CN(C)CC(F)F)(C(=O)OC)c1ccccc1. The first kappa shape index (κ1) is 16.5. The fourth-order valence-corrected chi connectivity index (χ4v) is 2.20. The Labute approximate surface area is 117 Å². The molecule has 0 aliphatic carbocycles. The highest BCUT2D eigenvalue weighted by Crippen LogP contribution is 2.24. The summed E-state index contributed by atoms with van der Waals surface area (Å²) in [4.78, 5) is 13.6. The van der Waals surface area contributed by atoms with E-state index in [1.165, 1.54) is 12.0 Å². The average Bonchev–Trinajstić information content (AvgIpc) is 2.44. The molecule has 0 fully saturated rings. The highest BCUT2D eigenvalue weighted by atomic mass is 19.3. The lowest BCUT2D eigenvalue weighted by atomic mass is 9.89. The molecule has 0 bridgehead atoms. The number of alkyl halides is 2. The number of nitrogens with zero attached hydrogens (tertiary/aromatic N) is 1. The summed E-state index contributed by atoms with van der Waals surface area (Å²) < 4.78 is 29.8. The van der Waals surface area contributed by atoms with Crippen LogP contribution in [0.5, 0.6) is 0 Å². The largest absolute Gasteiger partial charge is 0.467 e. The molecule has 0 amide bonds. The van der Waals surface area contributed by atoms with Gasteiger partial charge < -0.3 is 10.1 Å². The van der Waals surface area contributed by atoms with Gasteiger partial charge in [0.25, 0.3) is 6.43 Å². The molecule has 20 heavy (non-hydrogen) atoms. The zero-order valence-electron chi connectivity index (χ0n) is 11.9. The van der Waals surface area contributed by atoms with Crippen LogP contribution in [0.25, 0.3) is 0 Å². The topological polar surface area (TPSA) is 41.6 Å². The van der Waals surface area contributed by atoms with Crippen LogP contribution in [0.15, 0.2) is 30.3 Å². The van der Waals surface area contributed by atoms with Crippen molar-refractivity contribution in [3.8, 4) is 0 Å². The maximum absolute atomic E-state index is 12.5. The van der Waals surface area contributed by atoms with Crippen LogP contribution >= 0.6 is 0 Å². The van der Waals surface area contributed by atoms with Crippen LogP contribution in [-0.4, -0.2) is 51.6 Å². The Morgan fingerprint density at radius 2 is 2.00 bits per heavy atom. The van der Waals surface area contributed by atoms with Crippen LogP contribution in [0.4, 0.5) is 8.78 Å². The van der Waals surface area contributed by atoms with E-state index in [9.17, 15) is 13.6 Å². The Hall–Kier alpha value is -1.53. The molecule has 1 rings (SSSR count).